The first-order valence-electron chi connectivity index (χ1n) is 6.34. The van der Waals surface area contributed by atoms with E-state index in [2.05, 4.69) is 0 Å². The Hall–Kier alpha value is -2.49. The summed E-state index contributed by atoms with van der Waals surface area (Å²) < 4.78 is 0. The topological polar surface area (TPSA) is 43.8 Å². The number of nitrogens with zero attached hydrogens (tertiary/aromatic N) is 2. The van der Waals surface area contributed by atoms with Gasteiger partial charge in [0.1, 0.15) is 0 Å². The van der Waals surface area contributed by atoms with Crippen LogP contribution in [0, 0.1) is 0 Å². The Kier molecular flexibility index (Phi) is 3.94. The van der Waals surface area contributed by atoms with E-state index < -0.39 is 6.09 Å². The first-order chi connectivity index (χ1) is 9.52. The minimum absolute atomic E-state index is 0.676. The third-order valence-electron chi connectivity index (χ3n) is 3.21. The number of carbonyl (C=O) groups is 1. The van der Waals surface area contributed by atoms with E-state index in [1.54, 1.807) is 7.05 Å². The summed E-state index contributed by atoms with van der Waals surface area (Å²) in [6, 6.07) is 15.5. The van der Waals surface area contributed by atoms with Crippen LogP contribution in [0.15, 0.2) is 48.5 Å². The Balaban J connectivity index is 2.70. The van der Waals surface area contributed by atoms with Crippen molar-refractivity contribution in [1.82, 2.24) is 0 Å². The molecule has 4 heteroatoms. The molecule has 2 rings (SSSR count). The Morgan fingerprint density at radius 1 is 0.900 bits per heavy atom. The number of amides is 1. The summed E-state index contributed by atoms with van der Waals surface area (Å²) in [4.78, 5) is 14.5. The SMILES string of the molecule is CN(C)c1cccc(N(C)C(=O)O)c1-c1ccccc1. The lowest BCUT2D eigenvalue weighted by molar-refractivity contribution is 0.203. The number of benzene rings is 2. The molecule has 0 aromatic heterocycles. The van der Waals surface area contributed by atoms with Crippen molar-refractivity contribution in [3.8, 4) is 11.1 Å². The van der Waals surface area contributed by atoms with Gasteiger partial charge in [0.25, 0.3) is 0 Å². The molecular formula is C16H18N2O2. The minimum Gasteiger partial charge on any atom is -0.465 e. The van der Waals surface area contributed by atoms with Crippen LogP contribution in [0.3, 0.4) is 0 Å². The molecule has 0 bridgehead atoms. The van der Waals surface area contributed by atoms with Crippen LogP contribution < -0.4 is 9.80 Å². The number of rotatable bonds is 3. The number of hydrogen-bond acceptors (Lipinski definition) is 2. The first-order valence-corrected chi connectivity index (χ1v) is 6.34. The van der Waals surface area contributed by atoms with Crippen LogP contribution in [-0.2, 0) is 0 Å². The van der Waals surface area contributed by atoms with Crippen LogP contribution in [0.2, 0.25) is 0 Å². The second-order valence-corrected chi connectivity index (χ2v) is 4.77. The van der Waals surface area contributed by atoms with Crippen molar-refractivity contribution in [2.45, 2.75) is 0 Å². The molecule has 0 atom stereocenters. The maximum absolute atomic E-state index is 11.3. The van der Waals surface area contributed by atoms with Gasteiger partial charge in [-0.3, -0.25) is 4.90 Å². The van der Waals surface area contributed by atoms with Crippen molar-refractivity contribution in [3.05, 3.63) is 48.5 Å². The average molecular weight is 270 g/mol. The summed E-state index contributed by atoms with van der Waals surface area (Å²) in [5, 5.41) is 9.25. The second kappa shape index (κ2) is 5.65. The summed E-state index contributed by atoms with van der Waals surface area (Å²) in [6.07, 6.45) is -0.974. The number of anilines is 2. The number of hydrogen-bond donors (Lipinski definition) is 1. The van der Waals surface area contributed by atoms with Crippen molar-refractivity contribution in [3.63, 3.8) is 0 Å². The maximum atomic E-state index is 11.3. The quantitative estimate of drug-likeness (QED) is 0.927. The molecule has 0 spiro atoms. The van der Waals surface area contributed by atoms with Crippen LogP contribution in [-0.4, -0.2) is 32.3 Å². The van der Waals surface area contributed by atoms with E-state index in [4.69, 9.17) is 0 Å². The van der Waals surface area contributed by atoms with Gasteiger partial charge in [0.05, 0.1) is 5.69 Å². The molecule has 0 aliphatic heterocycles. The van der Waals surface area contributed by atoms with E-state index in [0.29, 0.717) is 5.69 Å². The van der Waals surface area contributed by atoms with Crippen LogP contribution >= 0.6 is 0 Å². The largest absolute Gasteiger partial charge is 0.465 e. The second-order valence-electron chi connectivity index (χ2n) is 4.77. The molecular weight excluding hydrogens is 252 g/mol. The smallest absolute Gasteiger partial charge is 0.411 e. The van der Waals surface area contributed by atoms with Crippen molar-refractivity contribution in [2.75, 3.05) is 30.9 Å². The molecule has 0 saturated heterocycles. The minimum atomic E-state index is -0.974. The zero-order valence-electron chi connectivity index (χ0n) is 11.9. The van der Waals surface area contributed by atoms with Crippen molar-refractivity contribution in [2.24, 2.45) is 0 Å². The Bertz CT molecular complexity index is 609. The lowest BCUT2D eigenvalue weighted by Crippen LogP contribution is -2.25. The molecule has 0 fully saturated rings. The lowest BCUT2D eigenvalue weighted by Gasteiger charge is -2.24. The molecule has 0 unspecified atom stereocenters. The van der Waals surface area contributed by atoms with Gasteiger partial charge >= 0.3 is 6.09 Å². The third kappa shape index (κ3) is 2.59. The third-order valence-corrected chi connectivity index (χ3v) is 3.21. The highest BCUT2D eigenvalue weighted by molar-refractivity contribution is 5.97. The van der Waals surface area contributed by atoms with Gasteiger partial charge in [0.15, 0.2) is 0 Å². The van der Waals surface area contributed by atoms with E-state index >= 15 is 0 Å². The Morgan fingerprint density at radius 2 is 1.50 bits per heavy atom. The van der Waals surface area contributed by atoms with Crippen molar-refractivity contribution in [1.29, 1.82) is 0 Å². The zero-order valence-corrected chi connectivity index (χ0v) is 11.9. The first kappa shape index (κ1) is 13.9. The van der Waals surface area contributed by atoms with Crippen LogP contribution in [0.4, 0.5) is 16.2 Å². The highest BCUT2D eigenvalue weighted by Gasteiger charge is 2.18. The van der Waals surface area contributed by atoms with E-state index in [0.717, 1.165) is 16.8 Å². The van der Waals surface area contributed by atoms with Crippen molar-refractivity contribution >= 4 is 17.5 Å². The Morgan fingerprint density at radius 3 is 2.05 bits per heavy atom. The molecule has 104 valence electrons. The molecule has 0 aliphatic rings. The molecule has 1 amide bonds. The molecule has 2 aromatic carbocycles. The standard InChI is InChI=1S/C16H18N2O2/c1-17(2)13-10-7-11-14(18(3)16(19)20)15(13)12-8-5-4-6-9-12/h4-11H,1-3H3,(H,19,20). The zero-order chi connectivity index (χ0) is 14.7. The molecule has 0 heterocycles. The van der Waals surface area contributed by atoms with E-state index in [1.165, 1.54) is 4.90 Å². The summed E-state index contributed by atoms with van der Waals surface area (Å²) in [7, 11) is 5.46. The monoisotopic (exact) mass is 270 g/mol. The fraction of sp³-hybridized carbons (Fsp3) is 0.188. The number of carboxylic acid groups (broad SMARTS) is 1. The maximum Gasteiger partial charge on any atom is 0.411 e. The van der Waals surface area contributed by atoms with Gasteiger partial charge in [-0.25, -0.2) is 4.79 Å². The molecule has 4 nitrogen and oxygen atoms in total. The van der Waals surface area contributed by atoms with Crippen LogP contribution in [0.1, 0.15) is 0 Å². The van der Waals surface area contributed by atoms with Crippen molar-refractivity contribution < 1.29 is 9.90 Å². The fourth-order valence-electron chi connectivity index (χ4n) is 2.18. The summed E-state index contributed by atoms with van der Waals surface area (Å²) in [5.41, 5.74) is 3.58. The fourth-order valence-corrected chi connectivity index (χ4v) is 2.18. The molecule has 0 saturated carbocycles. The van der Waals surface area contributed by atoms with Gasteiger partial charge in [-0.15, -0.1) is 0 Å². The van der Waals surface area contributed by atoms with Crippen LogP contribution in [0.5, 0.6) is 0 Å². The Labute approximate surface area is 118 Å². The van der Waals surface area contributed by atoms with Gasteiger partial charge in [-0.1, -0.05) is 36.4 Å². The highest BCUT2D eigenvalue weighted by atomic mass is 16.4. The molecule has 0 radical (unpaired) electrons. The lowest BCUT2D eigenvalue weighted by atomic mass is 10.0. The highest BCUT2D eigenvalue weighted by Crippen LogP contribution is 2.38. The van der Waals surface area contributed by atoms with Gasteiger partial charge in [0.2, 0.25) is 0 Å². The van der Waals surface area contributed by atoms with Gasteiger partial charge in [-0.05, 0) is 17.7 Å². The van der Waals surface area contributed by atoms with E-state index in [1.807, 2.05) is 67.5 Å². The predicted octanol–water partition coefficient (Wildman–Crippen LogP) is 3.53. The van der Waals surface area contributed by atoms with E-state index in [9.17, 15) is 9.90 Å². The van der Waals surface area contributed by atoms with Gasteiger partial charge in [0, 0.05) is 32.4 Å². The molecule has 20 heavy (non-hydrogen) atoms. The van der Waals surface area contributed by atoms with Gasteiger partial charge in [-0.2, -0.15) is 0 Å². The molecule has 0 aliphatic carbocycles. The molecule has 1 N–H and O–H groups in total. The predicted molar refractivity (Wildman–Crippen MR) is 82.6 cm³/mol. The average Bonchev–Trinajstić information content (AvgIpc) is 2.46. The van der Waals surface area contributed by atoms with E-state index in [-0.39, 0.29) is 0 Å². The summed E-state index contributed by atoms with van der Waals surface area (Å²) in [6.45, 7) is 0. The molecule has 2 aromatic rings. The summed E-state index contributed by atoms with van der Waals surface area (Å²) >= 11 is 0. The van der Waals surface area contributed by atoms with Crippen LogP contribution in [0.25, 0.3) is 11.1 Å². The normalized spacial score (nSPS) is 10.2. The van der Waals surface area contributed by atoms with Gasteiger partial charge < -0.3 is 10.0 Å². The summed E-state index contributed by atoms with van der Waals surface area (Å²) in [5.74, 6) is 0.